The van der Waals surface area contributed by atoms with Gasteiger partial charge in [0.05, 0.1) is 0 Å². The van der Waals surface area contributed by atoms with E-state index in [0.29, 0.717) is 11.5 Å². The zero-order valence-corrected chi connectivity index (χ0v) is 14.0. The predicted molar refractivity (Wildman–Crippen MR) is 89.3 cm³/mol. The Balaban J connectivity index is 1.77. The van der Waals surface area contributed by atoms with Crippen LogP contribution in [-0.2, 0) is 14.8 Å². The van der Waals surface area contributed by atoms with Gasteiger partial charge in [0.25, 0.3) is 5.91 Å². The molecule has 0 saturated carbocycles. The maximum atomic E-state index is 12.3. The number of para-hydroxylation sites is 2. The van der Waals surface area contributed by atoms with E-state index in [9.17, 15) is 18.3 Å². The molecule has 2 aromatic carbocycles. The average Bonchev–Trinajstić information content (AvgIpc) is 2.62. The van der Waals surface area contributed by atoms with Gasteiger partial charge in [-0.2, -0.15) is 0 Å². The van der Waals surface area contributed by atoms with E-state index in [4.69, 9.17) is 9.47 Å². The summed E-state index contributed by atoms with van der Waals surface area (Å²) in [5, 5.41) is 12.3. The number of phenolic OH excluding ortho intramolecular Hbond substituents is 1. The Hall–Kier alpha value is -2.78. The lowest BCUT2D eigenvalue weighted by Crippen LogP contribution is -2.40. The third kappa shape index (κ3) is 3.52. The molecule has 1 amide bonds. The third-order valence-corrected chi connectivity index (χ3v) is 5.03. The summed E-state index contributed by atoms with van der Waals surface area (Å²) in [5.41, 5.74) is 0.207. The fraction of sp³-hybridized carbons (Fsp3) is 0.188. The van der Waals surface area contributed by atoms with E-state index < -0.39 is 27.8 Å². The lowest BCUT2D eigenvalue weighted by molar-refractivity contribution is -0.125. The van der Waals surface area contributed by atoms with Gasteiger partial charge in [-0.3, -0.25) is 4.79 Å². The van der Waals surface area contributed by atoms with Crippen molar-refractivity contribution in [2.75, 3.05) is 19.0 Å². The molecule has 0 spiro atoms. The molecule has 0 bridgehead atoms. The molecular formula is C16H16N2O6S. The number of amides is 1. The van der Waals surface area contributed by atoms with Gasteiger partial charge in [0.2, 0.25) is 16.1 Å². The van der Waals surface area contributed by atoms with Crippen LogP contribution in [0, 0.1) is 0 Å². The first-order valence-corrected chi connectivity index (χ1v) is 8.85. The Bertz CT molecular complexity index is 913. The van der Waals surface area contributed by atoms with E-state index >= 15 is 0 Å². The largest absolute Gasteiger partial charge is 0.507 e. The van der Waals surface area contributed by atoms with Gasteiger partial charge in [0, 0.05) is 5.69 Å². The SMILES string of the molecule is CNS(=O)(=O)c1cc(NC(=O)C2COc3ccccc3O2)ccc1O. The van der Waals surface area contributed by atoms with Crippen molar-refractivity contribution in [3.8, 4) is 17.2 Å². The van der Waals surface area contributed by atoms with Crippen molar-refractivity contribution in [1.29, 1.82) is 0 Å². The van der Waals surface area contributed by atoms with Crippen LogP contribution in [0.3, 0.4) is 0 Å². The molecule has 0 saturated heterocycles. The molecule has 132 valence electrons. The monoisotopic (exact) mass is 364 g/mol. The molecular weight excluding hydrogens is 348 g/mol. The molecule has 1 heterocycles. The topological polar surface area (TPSA) is 114 Å². The molecule has 0 fully saturated rings. The molecule has 1 aliphatic rings. The van der Waals surface area contributed by atoms with Gasteiger partial charge in [0.15, 0.2) is 11.5 Å². The number of ether oxygens (including phenoxy) is 2. The molecule has 3 N–H and O–H groups in total. The van der Waals surface area contributed by atoms with Crippen molar-refractivity contribution in [3.05, 3.63) is 42.5 Å². The number of hydrogen-bond acceptors (Lipinski definition) is 6. The summed E-state index contributed by atoms with van der Waals surface area (Å²) in [5.74, 6) is 0.100. The molecule has 3 rings (SSSR count). The number of carbonyl (C=O) groups excluding carboxylic acids is 1. The summed E-state index contributed by atoms with van der Waals surface area (Å²) in [4.78, 5) is 12.0. The molecule has 25 heavy (non-hydrogen) atoms. The molecule has 9 heteroatoms. The Morgan fingerprint density at radius 3 is 2.64 bits per heavy atom. The highest BCUT2D eigenvalue weighted by Crippen LogP contribution is 2.31. The number of rotatable bonds is 4. The standard InChI is InChI=1S/C16H16N2O6S/c1-17-25(21,22)15-8-10(6-7-11(15)19)18-16(20)14-9-23-12-4-2-3-5-13(12)24-14/h2-8,14,17,19H,9H2,1H3,(H,18,20). The number of benzene rings is 2. The van der Waals surface area contributed by atoms with E-state index in [-0.39, 0.29) is 17.2 Å². The van der Waals surface area contributed by atoms with Crippen molar-refractivity contribution >= 4 is 21.6 Å². The van der Waals surface area contributed by atoms with Crippen LogP contribution in [0.1, 0.15) is 0 Å². The third-order valence-electron chi connectivity index (χ3n) is 3.59. The van der Waals surface area contributed by atoms with Gasteiger partial charge in [0.1, 0.15) is 17.3 Å². The second-order valence-corrected chi connectivity index (χ2v) is 7.10. The van der Waals surface area contributed by atoms with Crippen LogP contribution < -0.4 is 19.5 Å². The fourth-order valence-corrected chi connectivity index (χ4v) is 3.13. The van der Waals surface area contributed by atoms with Gasteiger partial charge in [-0.25, -0.2) is 13.1 Å². The minimum Gasteiger partial charge on any atom is -0.507 e. The van der Waals surface area contributed by atoms with Gasteiger partial charge in [-0.05, 0) is 37.4 Å². The summed E-state index contributed by atoms with van der Waals surface area (Å²) >= 11 is 0. The van der Waals surface area contributed by atoms with E-state index in [1.807, 2.05) is 0 Å². The van der Waals surface area contributed by atoms with Gasteiger partial charge in [-0.15, -0.1) is 0 Å². The molecule has 1 aliphatic heterocycles. The second kappa shape index (κ2) is 6.61. The highest BCUT2D eigenvalue weighted by atomic mass is 32.2. The van der Waals surface area contributed by atoms with E-state index in [0.717, 1.165) is 6.07 Å². The summed E-state index contributed by atoms with van der Waals surface area (Å²) in [6.07, 6.45) is -0.881. The smallest absolute Gasteiger partial charge is 0.269 e. The summed E-state index contributed by atoms with van der Waals surface area (Å²) in [6, 6.07) is 10.7. The zero-order valence-electron chi connectivity index (χ0n) is 13.2. The Morgan fingerprint density at radius 1 is 1.20 bits per heavy atom. The minimum absolute atomic E-state index is 0.0304. The molecule has 0 aromatic heterocycles. The number of anilines is 1. The first kappa shape index (κ1) is 17.1. The number of carbonyl (C=O) groups is 1. The van der Waals surface area contributed by atoms with Crippen LogP contribution in [0.4, 0.5) is 5.69 Å². The van der Waals surface area contributed by atoms with Gasteiger partial charge >= 0.3 is 0 Å². The molecule has 2 aromatic rings. The molecule has 8 nitrogen and oxygen atoms in total. The quantitative estimate of drug-likeness (QED) is 0.700. The highest BCUT2D eigenvalue weighted by molar-refractivity contribution is 7.89. The van der Waals surface area contributed by atoms with Crippen LogP contribution in [-0.4, -0.2) is 39.2 Å². The fourth-order valence-electron chi connectivity index (χ4n) is 2.29. The average molecular weight is 364 g/mol. The van der Waals surface area contributed by atoms with Crippen LogP contribution in [0.25, 0.3) is 0 Å². The lowest BCUT2D eigenvalue weighted by atomic mass is 10.2. The summed E-state index contributed by atoms with van der Waals surface area (Å²) < 4.78 is 36.9. The first-order chi connectivity index (χ1) is 11.9. The lowest BCUT2D eigenvalue weighted by Gasteiger charge is -2.25. The Labute approximate surface area is 144 Å². The number of hydrogen-bond donors (Lipinski definition) is 3. The summed E-state index contributed by atoms with van der Waals surface area (Å²) in [6.45, 7) is 0.0304. The number of aromatic hydroxyl groups is 1. The first-order valence-electron chi connectivity index (χ1n) is 7.36. The van der Waals surface area contributed by atoms with Crippen molar-refractivity contribution in [2.45, 2.75) is 11.0 Å². The number of nitrogens with one attached hydrogen (secondary N) is 2. The normalized spacial score (nSPS) is 16.3. The zero-order chi connectivity index (χ0) is 18.0. The van der Waals surface area contributed by atoms with Gasteiger partial charge < -0.3 is 19.9 Å². The number of fused-ring (bicyclic) bond motifs is 1. The van der Waals surface area contributed by atoms with Crippen LogP contribution in [0.2, 0.25) is 0 Å². The van der Waals surface area contributed by atoms with Crippen molar-refractivity contribution < 1.29 is 27.8 Å². The maximum Gasteiger partial charge on any atom is 0.269 e. The molecule has 0 radical (unpaired) electrons. The second-order valence-electron chi connectivity index (χ2n) is 5.24. The van der Waals surface area contributed by atoms with E-state index in [1.54, 1.807) is 24.3 Å². The van der Waals surface area contributed by atoms with Crippen LogP contribution >= 0.6 is 0 Å². The van der Waals surface area contributed by atoms with E-state index in [2.05, 4.69) is 10.0 Å². The van der Waals surface area contributed by atoms with Crippen LogP contribution in [0.15, 0.2) is 47.4 Å². The molecule has 1 unspecified atom stereocenters. The summed E-state index contributed by atoms with van der Waals surface area (Å²) in [7, 11) is -2.63. The van der Waals surface area contributed by atoms with E-state index in [1.165, 1.54) is 19.2 Å². The van der Waals surface area contributed by atoms with Crippen molar-refractivity contribution in [1.82, 2.24) is 4.72 Å². The van der Waals surface area contributed by atoms with Crippen molar-refractivity contribution in [3.63, 3.8) is 0 Å². The minimum atomic E-state index is -3.86. The molecule has 0 aliphatic carbocycles. The highest BCUT2D eigenvalue weighted by Gasteiger charge is 2.27. The maximum absolute atomic E-state index is 12.3. The van der Waals surface area contributed by atoms with Crippen molar-refractivity contribution in [2.24, 2.45) is 0 Å². The Kier molecular flexibility index (Phi) is 4.51. The molecule has 1 atom stereocenters. The Morgan fingerprint density at radius 2 is 1.92 bits per heavy atom. The van der Waals surface area contributed by atoms with Crippen LogP contribution in [0.5, 0.6) is 17.2 Å². The number of sulfonamides is 1. The van der Waals surface area contributed by atoms with Gasteiger partial charge in [-0.1, -0.05) is 12.1 Å². The predicted octanol–water partition coefficient (Wildman–Crippen LogP) is 1.08. The number of phenols is 1.